The van der Waals surface area contributed by atoms with Crippen molar-refractivity contribution in [2.45, 2.75) is 32.6 Å². The second kappa shape index (κ2) is 5.05. The van der Waals surface area contributed by atoms with Gasteiger partial charge in [-0.3, -0.25) is 4.79 Å². The average Bonchev–Trinajstić information content (AvgIpc) is 2.75. The Balaban J connectivity index is 1.97. The molecule has 0 aromatic carbocycles. The highest BCUT2D eigenvalue weighted by Gasteiger charge is 2.41. The fourth-order valence-corrected chi connectivity index (χ4v) is 2.88. The van der Waals surface area contributed by atoms with Crippen LogP contribution in [0.2, 0.25) is 0 Å². The third-order valence-corrected chi connectivity index (χ3v) is 4.17. The van der Waals surface area contributed by atoms with Crippen LogP contribution >= 0.6 is 0 Å². The lowest BCUT2D eigenvalue weighted by Gasteiger charge is -2.33. The van der Waals surface area contributed by atoms with Gasteiger partial charge in [-0.15, -0.1) is 0 Å². The van der Waals surface area contributed by atoms with Crippen LogP contribution in [0.3, 0.4) is 0 Å². The van der Waals surface area contributed by atoms with E-state index in [2.05, 4.69) is 6.07 Å². The molecule has 2 aliphatic rings. The van der Waals surface area contributed by atoms with Gasteiger partial charge in [0.25, 0.3) is 0 Å². The summed E-state index contributed by atoms with van der Waals surface area (Å²) in [6, 6.07) is 2.10. The Labute approximate surface area is 103 Å². The number of nitriles is 1. The Morgan fingerprint density at radius 2 is 2.18 bits per heavy atom. The summed E-state index contributed by atoms with van der Waals surface area (Å²) in [7, 11) is 0. The quantitative estimate of drug-likeness (QED) is 0.731. The third-order valence-electron chi connectivity index (χ3n) is 4.17. The molecule has 1 atom stereocenters. The number of carbonyl (C=O) groups excluding carboxylic acids is 1. The van der Waals surface area contributed by atoms with Gasteiger partial charge in [0.1, 0.15) is 5.92 Å². The molecule has 0 radical (unpaired) electrons. The minimum absolute atomic E-state index is 0.0263. The molecule has 2 rings (SSSR count). The summed E-state index contributed by atoms with van der Waals surface area (Å²) in [4.78, 5) is 14.0. The van der Waals surface area contributed by atoms with Gasteiger partial charge < -0.3 is 9.64 Å². The van der Waals surface area contributed by atoms with E-state index in [0.29, 0.717) is 6.42 Å². The normalized spacial score (nSPS) is 24.6. The Morgan fingerprint density at radius 3 is 2.76 bits per heavy atom. The van der Waals surface area contributed by atoms with Crippen molar-refractivity contribution in [1.82, 2.24) is 4.90 Å². The van der Waals surface area contributed by atoms with E-state index < -0.39 is 5.92 Å². The maximum Gasteiger partial charge on any atom is 0.239 e. The van der Waals surface area contributed by atoms with Gasteiger partial charge in [0, 0.05) is 26.3 Å². The Morgan fingerprint density at radius 1 is 1.47 bits per heavy atom. The van der Waals surface area contributed by atoms with Crippen molar-refractivity contribution in [2.24, 2.45) is 11.3 Å². The first kappa shape index (κ1) is 12.4. The van der Waals surface area contributed by atoms with Crippen LogP contribution in [-0.4, -0.2) is 37.1 Å². The van der Waals surface area contributed by atoms with Gasteiger partial charge in [-0.25, -0.2) is 0 Å². The molecule has 1 unspecified atom stereocenters. The number of ether oxygens (including phenoxy) is 1. The Kier molecular flexibility index (Phi) is 3.68. The molecule has 4 heteroatoms. The summed E-state index contributed by atoms with van der Waals surface area (Å²) in [5.41, 5.74) is 0.279. The highest BCUT2D eigenvalue weighted by Crippen LogP contribution is 2.40. The van der Waals surface area contributed by atoms with Crippen LogP contribution in [-0.2, 0) is 9.53 Å². The molecular weight excluding hydrogens is 216 g/mol. The standard InChI is InChI=1S/C13H20N2O2/c1-2-11(9-14)12(16)15-6-3-13(10-15)4-7-17-8-5-13/h11H,2-8,10H2,1H3. The lowest BCUT2D eigenvalue weighted by atomic mass is 9.80. The van der Waals surface area contributed by atoms with E-state index in [-0.39, 0.29) is 11.3 Å². The van der Waals surface area contributed by atoms with Gasteiger partial charge in [-0.2, -0.15) is 5.26 Å². The van der Waals surface area contributed by atoms with Crippen molar-refractivity contribution in [2.75, 3.05) is 26.3 Å². The van der Waals surface area contributed by atoms with Crippen molar-refractivity contribution < 1.29 is 9.53 Å². The van der Waals surface area contributed by atoms with Crippen molar-refractivity contribution in [3.63, 3.8) is 0 Å². The number of hydrogen-bond acceptors (Lipinski definition) is 3. The van der Waals surface area contributed by atoms with Crippen molar-refractivity contribution >= 4 is 5.91 Å². The van der Waals surface area contributed by atoms with Crippen molar-refractivity contribution in [3.8, 4) is 6.07 Å². The van der Waals surface area contributed by atoms with Crippen LogP contribution in [0.5, 0.6) is 0 Å². The minimum atomic E-state index is -0.454. The van der Waals surface area contributed by atoms with Crippen LogP contribution in [0.25, 0.3) is 0 Å². The average molecular weight is 236 g/mol. The minimum Gasteiger partial charge on any atom is -0.381 e. The number of nitrogens with zero attached hydrogens (tertiary/aromatic N) is 2. The van der Waals surface area contributed by atoms with E-state index in [9.17, 15) is 4.79 Å². The zero-order chi connectivity index (χ0) is 12.3. The first-order chi connectivity index (χ1) is 8.21. The van der Waals surface area contributed by atoms with Gasteiger partial charge >= 0.3 is 0 Å². The molecule has 2 fully saturated rings. The van der Waals surface area contributed by atoms with Gasteiger partial charge in [0.15, 0.2) is 0 Å². The van der Waals surface area contributed by atoms with Gasteiger partial charge in [-0.05, 0) is 31.1 Å². The van der Waals surface area contributed by atoms with E-state index in [1.165, 1.54) is 0 Å². The van der Waals surface area contributed by atoms with Gasteiger partial charge in [-0.1, -0.05) is 6.92 Å². The Hall–Kier alpha value is -1.08. The van der Waals surface area contributed by atoms with E-state index in [0.717, 1.165) is 45.6 Å². The number of carbonyl (C=O) groups is 1. The largest absolute Gasteiger partial charge is 0.381 e. The van der Waals surface area contributed by atoms with Crippen molar-refractivity contribution in [1.29, 1.82) is 5.26 Å². The highest BCUT2D eigenvalue weighted by atomic mass is 16.5. The molecule has 2 saturated heterocycles. The fourth-order valence-electron chi connectivity index (χ4n) is 2.88. The molecule has 0 aromatic heterocycles. The summed E-state index contributed by atoms with van der Waals surface area (Å²) in [5.74, 6) is -0.427. The molecule has 0 saturated carbocycles. The molecule has 2 aliphatic heterocycles. The van der Waals surface area contributed by atoms with Crippen molar-refractivity contribution in [3.05, 3.63) is 0 Å². The fraction of sp³-hybridized carbons (Fsp3) is 0.846. The summed E-state index contributed by atoms with van der Waals surface area (Å²) in [6.45, 7) is 5.17. The number of rotatable bonds is 2. The maximum atomic E-state index is 12.1. The number of hydrogen-bond donors (Lipinski definition) is 0. The van der Waals surface area contributed by atoms with Crippen LogP contribution in [0.15, 0.2) is 0 Å². The zero-order valence-corrected chi connectivity index (χ0v) is 10.4. The molecule has 1 amide bonds. The Bertz CT molecular complexity index is 329. The third kappa shape index (κ3) is 2.44. The summed E-state index contributed by atoms with van der Waals surface area (Å²) < 4.78 is 5.39. The molecule has 94 valence electrons. The molecule has 17 heavy (non-hydrogen) atoms. The lowest BCUT2D eigenvalue weighted by molar-refractivity contribution is -0.133. The maximum absolute atomic E-state index is 12.1. The SMILES string of the molecule is CCC(C#N)C(=O)N1CCC2(CCOCC2)C1. The molecule has 2 heterocycles. The molecule has 4 nitrogen and oxygen atoms in total. The van der Waals surface area contributed by atoms with Gasteiger partial charge in [0.2, 0.25) is 5.91 Å². The smallest absolute Gasteiger partial charge is 0.239 e. The van der Waals surface area contributed by atoms with Crippen LogP contribution in [0.4, 0.5) is 0 Å². The van der Waals surface area contributed by atoms with E-state index in [1.54, 1.807) is 0 Å². The van der Waals surface area contributed by atoms with E-state index in [4.69, 9.17) is 10.00 Å². The van der Waals surface area contributed by atoms with Crippen LogP contribution in [0, 0.1) is 22.7 Å². The van der Waals surface area contributed by atoms with Gasteiger partial charge in [0.05, 0.1) is 6.07 Å². The number of amides is 1. The molecule has 0 N–H and O–H groups in total. The summed E-state index contributed by atoms with van der Waals surface area (Å²) in [5, 5.41) is 8.94. The van der Waals surface area contributed by atoms with E-state index in [1.807, 2.05) is 11.8 Å². The first-order valence-corrected chi connectivity index (χ1v) is 6.47. The van der Waals surface area contributed by atoms with Crippen LogP contribution in [0.1, 0.15) is 32.6 Å². The van der Waals surface area contributed by atoms with Crippen LogP contribution < -0.4 is 0 Å². The molecule has 0 aliphatic carbocycles. The second-order valence-electron chi connectivity index (χ2n) is 5.21. The topological polar surface area (TPSA) is 53.3 Å². The first-order valence-electron chi connectivity index (χ1n) is 6.47. The molecule has 1 spiro atoms. The molecule has 0 bridgehead atoms. The second-order valence-corrected chi connectivity index (χ2v) is 5.21. The monoisotopic (exact) mass is 236 g/mol. The number of likely N-dealkylation sites (tertiary alicyclic amines) is 1. The molecule has 0 aromatic rings. The predicted molar refractivity (Wildman–Crippen MR) is 63.1 cm³/mol. The van der Waals surface area contributed by atoms with E-state index >= 15 is 0 Å². The zero-order valence-electron chi connectivity index (χ0n) is 10.4. The summed E-state index contributed by atoms with van der Waals surface area (Å²) >= 11 is 0. The molecular formula is C13H20N2O2. The summed E-state index contributed by atoms with van der Waals surface area (Å²) in [6.07, 6.45) is 3.80. The highest BCUT2D eigenvalue weighted by molar-refractivity contribution is 5.81. The predicted octanol–water partition coefficient (Wildman–Crippen LogP) is 1.57. The lowest BCUT2D eigenvalue weighted by Crippen LogP contribution is -2.38.